The number of rotatable bonds is 20. The Kier molecular flexibility index (Phi) is 33.1. The Morgan fingerprint density at radius 2 is 0.750 bits per heavy atom. The second-order valence-corrected chi connectivity index (χ2v) is 11.5. The molecular weight excluding hydrogens is 772 g/mol. The molecule has 0 atom stereocenters. The van der Waals surface area contributed by atoms with Crippen LogP contribution in [0.4, 0.5) is 0 Å². The molecule has 0 unspecified atom stereocenters. The van der Waals surface area contributed by atoms with Crippen LogP contribution in [0.15, 0.2) is 115 Å². The fourth-order valence-electron chi connectivity index (χ4n) is 4.04. The summed E-state index contributed by atoms with van der Waals surface area (Å²) in [7, 11) is 0. The van der Waals surface area contributed by atoms with E-state index in [0.717, 1.165) is 47.0 Å². The van der Waals surface area contributed by atoms with Crippen molar-refractivity contribution in [2.75, 3.05) is 26.2 Å². The second-order valence-electron chi connectivity index (χ2n) is 11.5. The molecule has 18 heteroatoms. The minimum Gasteiger partial charge on any atom is -0.457 e. The maximum atomic E-state index is 10.6. The fourth-order valence-corrected chi connectivity index (χ4v) is 4.04. The van der Waals surface area contributed by atoms with Crippen LogP contribution in [0.3, 0.4) is 0 Å². The first-order valence-corrected chi connectivity index (χ1v) is 15.7. The van der Waals surface area contributed by atoms with Gasteiger partial charge in [-0.2, -0.15) is 0 Å². The van der Waals surface area contributed by atoms with Crippen molar-refractivity contribution >= 4 is 0 Å². The molecule has 10 N–H and O–H groups in total. The van der Waals surface area contributed by atoms with E-state index < -0.39 is 0 Å². The number of aromatic nitrogens is 2. The zero-order chi connectivity index (χ0) is 35.9. The summed E-state index contributed by atoms with van der Waals surface area (Å²) in [5.74, 6) is 0.424. The molecule has 0 aliphatic heterocycles. The molecule has 0 aromatic carbocycles. The molecular formula is C34H56Cu2N10O6+4. The van der Waals surface area contributed by atoms with Gasteiger partial charge in [-0.1, -0.05) is 12.1 Å². The van der Waals surface area contributed by atoms with Gasteiger partial charge in [0.2, 0.25) is 0 Å². The Morgan fingerprint density at radius 3 is 0.942 bits per heavy atom. The molecule has 2 aromatic heterocycles. The standard InChI is InChI=1S/2C17H25N5O2.2Cu.2H2O/c2*1-12(14(3)21-23)19-10-16(9-17-7-5-6-8-18-17)11-20-13(2)15(4)22-24;;;;/h2*5-8,16,19-20H,9-11H2,1-4H3;;;2*1H2/q;;2*+1;;/p+2. The number of hydrogen-bond acceptors (Lipinski definition) is 14. The van der Waals surface area contributed by atoms with Crippen LogP contribution in [0.1, 0.15) is 66.8 Å². The molecule has 0 saturated heterocycles. The fraction of sp³-hybridized carbons (Fsp3) is 0.471. The van der Waals surface area contributed by atoms with Crippen LogP contribution in [0.25, 0.3) is 0 Å². The summed E-state index contributed by atoms with van der Waals surface area (Å²) < 4.78 is 0. The molecule has 0 saturated carbocycles. The third-order valence-electron chi connectivity index (χ3n) is 7.79. The van der Waals surface area contributed by atoms with Crippen molar-refractivity contribution in [2.45, 2.75) is 68.2 Å². The summed E-state index contributed by atoms with van der Waals surface area (Å²) in [4.78, 5) is 51.1. The Labute approximate surface area is 327 Å². The Hall–Kier alpha value is -4.18. The molecule has 296 valence electrons. The minimum atomic E-state index is 0. The summed E-state index contributed by atoms with van der Waals surface area (Å²) in [6, 6.07) is 11.6. The van der Waals surface area contributed by atoms with Gasteiger partial charge in [-0.05, 0) is 125 Å². The Bertz CT molecular complexity index is 1280. The Balaban J connectivity index is -0.000000411. The molecule has 0 amide bonds. The average molecular weight is 828 g/mol. The molecule has 0 spiro atoms. The summed E-state index contributed by atoms with van der Waals surface area (Å²) in [5.41, 5.74) is 6.78. The van der Waals surface area contributed by atoms with E-state index in [-0.39, 0.29) is 56.9 Å². The zero-order valence-corrected chi connectivity index (χ0v) is 33.0. The number of allylic oxidation sites excluding steroid dienone is 8. The smallest absolute Gasteiger partial charge is 0.457 e. The van der Waals surface area contributed by atoms with Gasteiger partial charge in [-0.15, -0.1) is 19.6 Å². The van der Waals surface area contributed by atoms with E-state index in [4.69, 9.17) is 0 Å². The first-order chi connectivity index (χ1) is 22.9. The predicted molar refractivity (Wildman–Crippen MR) is 201 cm³/mol. The minimum absolute atomic E-state index is 0. The SMILES string of the molecule is CC(N=O)=C(C)NCC(CNC(C)=C(C)N=O)Cc1ccccn1.CC(N=O)=C(C)NCC(CNC(C)=C(C)N=O)Cc1ccccn1.[Cu+].[Cu+].[OH3+].[OH3+]. The van der Waals surface area contributed by atoms with E-state index in [9.17, 15) is 19.6 Å². The molecule has 0 aliphatic carbocycles. The van der Waals surface area contributed by atoms with Crippen molar-refractivity contribution in [3.63, 3.8) is 0 Å². The van der Waals surface area contributed by atoms with Crippen LogP contribution in [-0.4, -0.2) is 36.1 Å². The molecule has 0 bridgehead atoms. The summed E-state index contributed by atoms with van der Waals surface area (Å²) in [5, 5.41) is 24.7. The van der Waals surface area contributed by atoms with Gasteiger partial charge in [0.1, 0.15) is 22.8 Å². The van der Waals surface area contributed by atoms with Crippen LogP contribution >= 0.6 is 0 Å². The zero-order valence-electron chi connectivity index (χ0n) is 31.1. The van der Waals surface area contributed by atoms with Crippen LogP contribution in [0.5, 0.6) is 0 Å². The van der Waals surface area contributed by atoms with Gasteiger partial charge in [0.25, 0.3) is 0 Å². The van der Waals surface area contributed by atoms with Crippen molar-refractivity contribution in [2.24, 2.45) is 32.5 Å². The van der Waals surface area contributed by atoms with Crippen LogP contribution in [0.2, 0.25) is 0 Å². The van der Waals surface area contributed by atoms with Crippen molar-refractivity contribution < 1.29 is 45.1 Å². The van der Waals surface area contributed by atoms with Crippen LogP contribution in [-0.2, 0) is 57.9 Å². The van der Waals surface area contributed by atoms with E-state index >= 15 is 0 Å². The molecule has 0 fully saturated rings. The third kappa shape index (κ3) is 22.6. The van der Waals surface area contributed by atoms with E-state index in [1.165, 1.54) is 0 Å². The Morgan fingerprint density at radius 1 is 0.500 bits per heavy atom. The van der Waals surface area contributed by atoms with Crippen molar-refractivity contribution in [3.05, 3.63) is 125 Å². The monoisotopic (exact) mass is 826 g/mol. The molecule has 16 nitrogen and oxygen atoms in total. The normalized spacial score (nSPS) is 13.1. The predicted octanol–water partition coefficient (Wildman–Crippen LogP) is 5.06. The van der Waals surface area contributed by atoms with Gasteiger partial charge in [-0.25, -0.2) is 0 Å². The molecule has 52 heavy (non-hydrogen) atoms. The van der Waals surface area contributed by atoms with E-state index in [1.807, 2.05) is 64.1 Å². The van der Waals surface area contributed by atoms with Crippen molar-refractivity contribution in [1.29, 1.82) is 0 Å². The van der Waals surface area contributed by atoms with E-state index in [0.29, 0.717) is 49.0 Å². The van der Waals surface area contributed by atoms with Gasteiger partial charge >= 0.3 is 34.1 Å². The quantitative estimate of drug-likeness (QED) is 0.0784. The largest absolute Gasteiger partial charge is 1.00 e. The summed E-state index contributed by atoms with van der Waals surface area (Å²) >= 11 is 0. The van der Waals surface area contributed by atoms with Gasteiger partial charge in [0, 0.05) is 72.7 Å². The third-order valence-corrected chi connectivity index (χ3v) is 7.79. The van der Waals surface area contributed by atoms with Gasteiger partial charge in [0.05, 0.1) is 0 Å². The van der Waals surface area contributed by atoms with Gasteiger partial charge < -0.3 is 32.2 Å². The van der Waals surface area contributed by atoms with Crippen molar-refractivity contribution in [3.8, 4) is 0 Å². The maximum absolute atomic E-state index is 10.6. The van der Waals surface area contributed by atoms with Crippen molar-refractivity contribution in [1.82, 2.24) is 31.2 Å². The number of hydrogen-bond donors (Lipinski definition) is 4. The molecule has 2 rings (SSSR count). The van der Waals surface area contributed by atoms with Gasteiger partial charge in [-0.3, -0.25) is 9.97 Å². The van der Waals surface area contributed by atoms with E-state index in [1.54, 1.807) is 40.1 Å². The van der Waals surface area contributed by atoms with Crippen LogP contribution in [0, 0.1) is 31.5 Å². The molecule has 0 radical (unpaired) electrons. The second kappa shape index (κ2) is 31.5. The van der Waals surface area contributed by atoms with Crippen LogP contribution < -0.4 is 21.3 Å². The number of nitrogens with one attached hydrogen (secondary N) is 4. The van der Waals surface area contributed by atoms with E-state index in [2.05, 4.69) is 51.9 Å². The number of nitrogens with zero attached hydrogens (tertiary/aromatic N) is 6. The number of nitroso groups, excluding NO2 is 4. The molecule has 2 heterocycles. The first kappa shape index (κ1) is 54.6. The first-order valence-electron chi connectivity index (χ1n) is 15.7. The number of pyridine rings is 2. The topological polar surface area (TPSA) is 258 Å². The molecule has 0 aliphatic rings. The average Bonchev–Trinajstić information content (AvgIpc) is 3.12. The molecule has 2 aromatic rings. The summed E-state index contributed by atoms with van der Waals surface area (Å²) in [6.07, 6.45) is 5.07. The summed E-state index contributed by atoms with van der Waals surface area (Å²) in [6.45, 7) is 16.6. The maximum Gasteiger partial charge on any atom is 1.00 e. The van der Waals surface area contributed by atoms with Gasteiger partial charge in [0.15, 0.2) is 0 Å².